The predicted octanol–water partition coefficient (Wildman–Crippen LogP) is 1.88. The number of ketones is 1. The highest BCUT2D eigenvalue weighted by molar-refractivity contribution is 5.78. The molecule has 3 heteroatoms. The summed E-state index contributed by atoms with van der Waals surface area (Å²) in [6.45, 7) is 3.87. The molecule has 14 heavy (non-hydrogen) atoms. The van der Waals surface area contributed by atoms with E-state index in [2.05, 4.69) is 4.98 Å². The highest BCUT2D eigenvalue weighted by Gasteiger charge is 2.06. The third-order valence-electron chi connectivity index (χ3n) is 2.37. The van der Waals surface area contributed by atoms with Gasteiger partial charge < -0.3 is 5.73 Å². The molecule has 3 nitrogen and oxygen atoms in total. The topological polar surface area (TPSA) is 56.0 Å². The van der Waals surface area contributed by atoms with E-state index in [9.17, 15) is 4.79 Å². The Labute approximate surface area is 84.3 Å². The van der Waals surface area contributed by atoms with Gasteiger partial charge in [0.25, 0.3) is 0 Å². The van der Waals surface area contributed by atoms with E-state index in [1.54, 1.807) is 6.20 Å². The third kappa shape index (κ3) is 2.55. The standard InChI is InChI=1S/C11H16N2O/c1-3-9(14)4-5-10-8(2)6-7-13-11(10)12/h6-7H,3-5H2,1-2H3,(H2,12,13). The zero-order valence-electron chi connectivity index (χ0n) is 8.71. The molecule has 0 radical (unpaired) electrons. The van der Waals surface area contributed by atoms with Gasteiger partial charge in [0.1, 0.15) is 11.6 Å². The zero-order chi connectivity index (χ0) is 10.6. The molecule has 0 atom stereocenters. The minimum atomic E-state index is 0.271. The summed E-state index contributed by atoms with van der Waals surface area (Å²) in [5, 5.41) is 0. The summed E-state index contributed by atoms with van der Waals surface area (Å²) >= 11 is 0. The summed E-state index contributed by atoms with van der Waals surface area (Å²) in [5.41, 5.74) is 7.85. The van der Waals surface area contributed by atoms with Gasteiger partial charge in [0, 0.05) is 19.0 Å². The number of rotatable bonds is 4. The van der Waals surface area contributed by atoms with Crippen molar-refractivity contribution in [3.8, 4) is 0 Å². The number of carbonyl (C=O) groups excluding carboxylic acids is 1. The summed E-state index contributed by atoms with van der Waals surface area (Å²) in [7, 11) is 0. The molecule has 0 fully saturated rings. The molecule has 76 valence electrons. The van der Waals surface area contributed by atoms with Crippen LogP contribution in [0.15, 0.2) is 12.3 Å². The number of aromatic nitrogens is 1. The molecule has 0 saturated heterocycles. The average Bonchev–Trinajstić information content (AvgIpc) is 2.16. The summed E-state index contributed by atoms with van der Waals surface area (Å²) in [6, 6.07) is 1.92. The van der Waals surface area contributed by atoms with Gasteiger partial charge in [-0.15, -0.1) is 0 Å². The molecule has 0 aliphatic carbocycles. The van der Waals surface area contributed by atoms with Crippen LogP contribution in [0.25, 0.3) is 0 Å². The van der Waals surface area contributed by atoms with Crippen molar-refractivity contribution < 1.29 is 4.79 Å². The van der Waals surface area contributed by atoms with Gasteiger partial charge in [0.2, 0.25) is 0 Å². The number of nitrogens with zero attached hydrogens (tertiary/aromatic N) is 1. The first kappa shape index (κ1) is 10.7. The van der Waals surface area contributed by atoms with E-state index < -0.39 is 0 Å². The average molecular weight is 192 g/mol. The first-order valence-corrected chi connectivity index (χ1v) is 4.86. The van der Waals surface area contributed by atoms with Crippen LogP contribution < -0.4 is 5.73 Å². The van der Waals surface area contributed by atoms with Crippen LogP contribution >= 0.6 is 0 Å². The first-order valence-electron chi connectivity index (χ1n) is 4.86. The van der Waals surface area contributed by atoms with Crippen molar-refractivity contribution in [1.29, 1.82) is 0 Å². The maximum atomic E-state index is 11.1. The highest BCUT2D eigenvalue weighted by Crippen LogP contribution is 2.15. The van der Waals surface area contributed by atoms with Gasteiger partial charge in [-0.05, 0) is 30.5 Å². The first-order chi connectivity index (χ1) is 6.65. The summed E-state index contributed by atoms with van der Waals surface area (Å²) in [5.74, 6) is 0.821. The van der Waals surface area contributed by atoms with Crippen LogP contribution in [0.2, 0.25) is 0 Å². The Balaban J connectivity index is 2.71. The quantitative estimate of drug-likeness (QED) is 0.792. The maximum Gasteiger partial charge on any atom is 0.132 e. The van der Waals surface area contributed by atoms with Crippen molar-refractivity contribution in [3.05, 3.63) is 23.4 Å². The molecule has 1 aromatic heterocycles. The Morgan fingerprint density at radius 3 is 2.86 bits per heavy atom. The number of aryl methyl sites for hydroxylation is 1. The zero-order valence-corrected chi connectivity index (χ0v) is 8.71. The Hall–Kier alpha value is -1.38. The lowest BCUT2D eigenvalue weighted by atomic mass is 10.0. The Bertz CT molecular complexity index is 314. The van der Waals surface area contributed by atoms with E-state index in [-0.39, 0.29) is 5.78 Å². The number of Topliss-reactive ketones (excluding diaryl/α,β-unsaturated/α-hetero) is 1. The molecule has 1 rings (SSSR count). The molecule has 2 N–H and O–H groups in total. The Kier molecular flexibility index (Phi) is 3.63. The molecule has 0 spiro atoms. The molecule has 0 unspecified atom stereocenters. The fourth-order valence-corrected chi connectivity index (χ4v) is 1.38. The molecule has 0 aliphatic rings. The minimum absolute atomic E-state index is 0.271. The van der Waals surface area contributed by atoms with Crippen molar-refractivity contribution in [2.24, 2.45) is 0 Å². The van der Waals surface area contributed by atoms with Crippen molar-refractivity contribution in [1.82, 2.24) is 4.98 Å². The van der Waals surface area contributed by atoms with Gasteiger partial charge in [-0.2, -0.15) is 0 Å². The number of anilines is 1. The van der Waals surface area contributed by atoms with Crippen molar-refractivity contribution in [2.75, 3.05) is 5.73 Å². The molecule has 1 aromatic rings. The van der Waals surface area contributed by atoms with Gasteiger partial charge in [0.15, 0.2) is 0 Å². The number of hydrogen-bond donors (Lipinski definition) is 1. The van der Waals surface area contributed by atoms with Crippen molar-refractivity contribution >= 4 is 11.6 Å². The van der Waals surface area contributed by atoms with Gasteiger partial charge in [0.05, 0.1) is 0 Å². The highest BCUT2D eigenvalue weighted by atomic mass is 16.1. The normalized spacial score (nSPS) is 10.1. The van der Waals surface area contributed by atoms with E-state index in [4.69, 9.17) is 5.73 Å². The molecule has 0 bridgehead atoms. The van der Waals surface area contributed by atoms with Crippen LogP contribution in [0.1, 0.15) is 30.9 Å². The summed E-state index contributed by atoms with van der Waals surface area (Å²) in [6.07, 6.45) is 3.56. The number of nitrogen functional groups attached to an aromatic ring is 1. The van der Waals surface area contributed by atoms with Gasteiger partial charge >= 0.3 is 0 Å². The van der Waals surface area contributed by atoms with Gasteiger partial charge in [-0.25, -0.2) is 4.98 Å². The number of pyridine rings is 1. The molecular weight excluding hydrogens is 176 g/mol. The summed E-state index contributed by atoms with van der Waals surface area (Å²) in [4.78, 5) is 15.2. The van der Waals surface area contributed by atoms with E-state index in [0.717, 1.165) is 11.1 Å². The van der Waals surface area contributed by atoms with E-state index >= 15 is 0 Å². The number of carbonyl (C=O) groups is 1. The lowest BCUT2D eigenvalue weighted by molar-refractivity contribution is -0.118. The summed E-state index contributed by atoms with van der Waals surface area (Å²) < 4.78 is 0. The molecule has 1 heterocycles. The SMILES string of the molecule is CCC(=O)CCc1c(C)ccnc1N. The van der Waals surface area contributed by atoms with Crippen molar-refractivity contribution in [2.45, 2.75) is 33.1 Å². The predicted molar refractivity (Wildman–Crippen MR) is 57.0 cm³/mol. The van der Waals surface area contributed by atoms with E-state index in [1.807, 2.05) is 19.9 Å². The van der Waals surface area contributed by atoms with Crippen molar-refractivity contribution in [3.63, 3.8) is 0 Å². The second-order valence-corrected chi connectivity index (χ2v) is 3.38. The van der Waals surface area contributed by atoms with Crippen LogP contribution in [0, 0.1) is 6.92 Å². The lowest BCUT2D eigenvalue weighted by Gasteiger charge is -2.06. The van der Waals surface area contributed by atoms with Gasteiger partial charge in [-0.3, -0.25) is 4.79 Å². The Morgan fingerprint density at radius 1 is 1.57 bits per heavy atom. The fraction of sp³-hybridized carbons (Fsp3) is 0.455. The maximum absolute atomic E-state index is 11.1. The second-order valence-electron chi connectivity index (χ2n) is 3.38. The van der Waals surface area contributed by atoms with E-state index in [0.29, 0.717) is 25.1 Å². The smallest absolute Gasteiger partial charge is 0.132 e. The molecule has 0 aliphatic heterocycles. The fourth-order valence-electron chi connectivity index (χ4n) is 1.38. The number of hydrogen-bond acceptors (Lipinski definition) is 3. The third-order valence-corrected chi connectivity index (χ3v) is 2.37. The van der Waals surface area contributed by atoms with Crippen LogP contribution in [-0.4, -0.2) is 10.8 Å². The van der Waals surface area contributed by atoms with Crippen LogP contribution in [0.5, 0.6) is 0 Å². The molecule has 0 saturated carbocycles. The molecular formula is C11H16N2O. The van der Waals surface area contributed by atoms with Crippen LogP contribution in [-0.2, 0) is 11.2 Å². The van der Waals surface area contributed by atoms with E-state index in [1.165, 1.54) is 0 Å². The van der Waals surface area contributed by atoms with Crippen LogP contribution in [0.4, 0.5) is 5.82 Å². The largest absolute Gasteiger partial charge is 0.383 e. The van der Waals surface area contributed by atoms with Gasteiger partial charge in [-0.1, -0.05) is 6.92 Å². The Morgan fingerprint density at radius 2 is 2.29 bits per heavy atom. The molecule has 0 amide bonds. The minimum Gasteiger partial charge on any atom is -0.383 e. The van der Waals surface area contributed by atoms with Crippen LogP contribution in [0.3, 0.4) is 0 Å². The monoisotopic (exact) mass is 192 g/mol. The second kappa shape index (κ2) is 4.74. The lowest BCUT2D eigenvalue weighted by Crippen LogP contribution is -2.04. The molecule has 0 aromatic carbocycles. The number of nitrogens with two attached hydrogens (primary N) is 1.